The molecule has 0 aliphatic carbocycles. The highest BCUT2D eigenvalue weighted by molar-refractivity contribution is 7.08. The van der Waals surface area contributed by atoms with Gasteiger partial charge in [-0.3, -0.25) is 0 Å². The lowest BCUT2D eigenvalue weighted by atomic mass is 10.1. The molecule has 0 spiro atoms. The summed E-state index contributed by atoms with van der Waals surface area (Å²) in [6.07, 6.45) is 0. The van der Waals surface area contributed by atoms with Crippen molar-refractivity contribution in [2.45, 2.75) is 0 Å². The number of hydrogen-bond donors (Lipinski definition) is 1. The smallest absolute Gasteiger partial charge is 0.134 e. The molecule has 0 bridgehead atoms. The second-order valence-electron chi connectivity index (χ2n) is 2.46. The third-order valence-electron chi connectivity index (χ3n) is 1.65. The molecule has 1 radical (unpaired) electrons. The minimum atomic E-state index is 0.311. The fourth-order valence-corrected chi connectivity index (χ4v) is 1.70. The Labute approximate surface area is 74.9 Å². The van der Waals surface area contributed by atoms with E-state index < -0.39 is 0 Å². The van der Waals surface area contributed by atoms with E-state index in [-0.39, 0.29) is 0 Å². The van der Waals surface area contributed by atoms with Crippen molar-refractivity contribution in [3.05, 3.63) is 41.1 Å². The van der Waals surface area contributed by atoms with Gasteiger partial charge in [0.2, 0.25) is 0 Å². The van der Waals surface area contributed by atoms with Crippen LogP contribution >= 0.6 is 11.3 Å². The van der Waals surface area contributed by atoms with Crippen LogP contribution in [0.4, 0.5) is 0 Å². The van der Waals surface area contributed by atoms with Crippen molar-refractivity contribution in [2.24, 2.45) is 0 Å². The Hall–Kier alpha value is -1.28. The van der Waals surface area contributed by atoms with Crippen LogP contribution in [0.3, 0.4) is 0 Å². The van der Waals surface area contributed by atoms with Crippen LogP contribution in [0.1, 0.15) is 0 Å². The molecule has 0 saturated heterocycles. The molecule has 1 aromatic heterocycles. The van der Waals surface area contributed by atoms with Crippen LogP contribution < -0.4 is 0 Å². The van der Waals surface area contributed by atoms with Gasteiger partial charge in [0.25, 0.3) is 0 Å². The molecule has 2 heteroatoms. The normalized spacial score (nSPS) is 10.0. The van der Waals surface area contributed by atoms with Crippen molar-refractivity contribution in [3.8, 4) is 16.9 Å². The van der Waals surface area contributed by atoms with E-state index in [2.05, 4.69) is 5.38 Å². The fourth-order valence-electron chi connectivity index (χ4n) is 1.07. The van der Waals surface area contributed by atoms with Crippen molar-refractivity contribution in [1.29, 1.82) is 0 Å². The first-order valence-electron chi connectivity index (χ1n) is 3.61. The maximum atomic E-state index is 9.38. The van der Waals surface area contributed by atoms with Crippen LogP contribution in [-0.4, -0.2) is 5.11 Å². The van der Waals surface area contributed by atoms with Gasteiger partial charge in [-0.05, 0) is 5.56 Å². The van der Waals surface area contributed by atoms with Gasteiger partial charge in [-0.25, -0.2) is 0 Å². The van der Waals surface area contributed by atoms with Gasteiger partial charge in [0.15, 0.2) is 0 Å². The Morgan fingerprint density at radius 2 is 1.92 bits per heavy atom. The van der Waals surface area contributed by atoms with Gasteiger partial charge in [0.05, 0.1) is 5.38 Å². The molecule has 1 aromatic carbocycles. The van der Waals surface area contributed by atoms with E-state index in [9.17, 15) is 5.11 Å². The van der Waals surface area contributed by atoms with Crippen molar-refractivity contribution >= 4 is 11.3 Å². The molecule has 2 aromatic rings. The van der Waals surface area contributed by atoms with Crippen LogP contribution in [0.25, 0.3) is 11.1 Å². The Kier molecular flexibility index (Phi) is 1.84. The second-order valence-corrected chi connectivity index (χ2v) is 3.14. The van der Waals surface area contributed by atoms with E-state index in [4.69, 9.17) is 0 Å². The average molecular weight is 175 g/mol. The molecule has 0 atom stereocenters. The highest BCUT2D eigenvalue weighted by Gasteiger charge is 2.03. The van der Waals surface area contributed by atoms with Gasteiger partial charge in [0, 0.05) is 10.9 Å². The molecule has 0 unspecified atom stereocenters. The summed E-state index contributed by atoms with van der Waals surface area (Å²) in [6, 6.07) is 9.75. The third-order valence-corrected chi connectivity index (χ3v) is 2.31. The number of hydrogen-bond acceptors (Lipinski definition) is 2. The number of aromatic hydroxyl groups is 1. The lowest BCUT2D eigenvalue weighted by Crippen LogP contribution is -1.71. The van der Waals surface area contributed by atoms with Gasteiger partial charge in [-0.2, -0.15) is 0 Å². The maximum Gasteiger partial charge on any atom is 0.134 e. The minimum absolute atomic E-state index is 0.311. The molecule has 2 rings (SSSR count). The molecule has 0 fully saturated rings. The molecule has 0 aliphatic rings. The molecular formula is C10H7OS. The number of rotatable bonds is 1. The lowest BCUT2D eigenvalue weighted by molar-refractivity contribution is 0.480. The zero-order valence-corrected chi connectivity index (χ0v) is 7.14. The molecule has 0 aliphatic heterocycles. The van der Waals surface area contributed by atoms with Crippen LogP contribution in [0.5, 0.6) is 5.75 Å². The number of thiophene rings is 1. The third kappa shape index (κ3) is 1.21. The van der Waals surface area contributed by atoms with E-state index in [0.29, 0.717) is 5.75 Å². The average Bonchev–Trinajstić information content (AvgIpc) is 2.53. The lowest BCUT2D eigenvalue weighted by Gasteiger charge is -1.96. The summed E-state index contributed by atoms with van der Waals surface area (Å²) in [5.74, 6) is 0.311. The van der Waals surface area contributed by atoms with Crippen LogP contribution in [0, 0.1) is 5.38 Å². The van der Waals surface area contributed by atoms with Crippen LogP contribution in [0.2, 0.25) is 0 Å². The summed E-state index contributed by atoms with van der Waals surface area (Å²) < 4.78 is 0. The largest absolute Gasteiger partial charge is 0.506 e. The molecule has 12 heavy (non-hydrogen) atoms. The first kappa shape index (κ1) is 7.37. The fraction of sp³-hybridized carbons (Fsp3) is 0. The summed E-state index contributed by atoms with van der Waals surface area (Å²) in [5, 5.41) is 14.1. The highest BCUT2D eigenvalue weighted by atomic mass is 32.1. The van der Waals surface area contributed by atoms with Crippen molar-refractivity contribution < 1.29 is 5.11 Å². The van der Waals surface area contributed by atoms with Gasteiger partial charge < -0.3 is 5.11 Å². The van der Waals surface area contributed by atoms with Gasteiger partial charge in [-0.15, -0.1) is 11.3 Å². The highest BCUT2D eigenvalue weighted by Crippen LogP contribution is 2.31. The Morgan fingerprint density at radius 3 is 2.50 bits per heavy atom. The molecule has 0 amide bonds. The Bertz CT molecular complexity index is 364. The summed E-state index contributed by atoms with van der Waals surface area (Å²) in [4.78, 5) is 0. The van der Waals surface area contributed by atoms with Crippen LogP contribution in [-0.2, 0) is 0 Å². The van der Waals surface area contributed by atoms with Crippen LogP contribution in [0.15, 0.2) is 35.7 Å². The number of benzene rings is 1. The first-order valence-corrected chi connectivity index (χ1v) is 4.49. The summed E-state index contributed by atoms with van der Waals surface area (Å²) in [6.45, 7) is 0. The topological polar surface area (TPSA) is 20.2 Å². The second kappa shape index (κ2) is 2.99. The molecule has 1 N–H and O–H groups in total. The molecule has 1 heterocycles. The Morgan fingerprint density at radius 1 is 1.17 bits per heavy atom. The quantitative estimate of drug-likeness (QED) is 0.706. The van der Waals surface area contributed by atoms with Gasteiger partial charge in [-0.1, -0.05) is 30.3 Å². The predicted molar refractivity (Wildman–Crippen MR) is 50.3 cm³/mol. The van der Waals surface area contributed by atoms with E-state index in [1.165, 1.54) is 11.3 Å². The monoisotopic (exact) mass is 175 g/mol. The molecule has 1 nitrogen and oxygen atoms in total. The van der Waals surface area contributed by atoms with E-state index >= 15 is 0 Å². The minimum Gasteiger partial charge on any atom is -0.506 e. The first-order chi connectivity index (χ1) is 5.88. The van der Waals surface area contributed by atoms with Crippen molar-refractivity contribution in [1.82, 2.24) is 0 Å². The standard InChI is InChI=1S/C10H7OS/c11-10-7-12-6-9(10)8-4-2-1-3-5-8/h1-5,7,11H. The SMILES string of the molecule is Oc1cs[c]c1-c1ccccc1. The van der Waals surface area contributed by atoms with Crippen molar-refractivity contribution in [2.75, 3.05) is 0 Å². The molecule has 0 saturated carbocycles. The van der Waals surface area contributed by atoms with E-state index in [1.807, 2.05) is 30.3 Å². The van der Waals surface area contributed by atoms with Gasteiger partial charge >= 0.3 is 0 Å². The molecule has 59 valence electrons. The zero-order valence-electron chi connectivity index (χ0n) is 6.32. The molecular weight excluding hydrogens is 168 g/mol. The zero-order chi connectivity index (χ0) is 8.39. The summed E-state index contributed by atoms with van der Waals surface area (Å²) in [7, 11) is 0. The predicted octanol–water partition coefficient (Wildman–Crippen LogP) is 2.92. The Balaban J connectivity index is 2.51. The maximum absolute atomic E-state index is 9.38. The summed E-state index contributed by atoms with van der Waals surface area (Å²) >= 11 is 1.39. The summed E-state index contributed by atoms with van der Waals surface area (Å²) in [5.41, 5.74) is 1.80. The van der Waals surface area contributed by atoms with E-state index in [0.717, 1.165) is 11.1 Å². The van der Waals surface area contributed by atoms with Gasteiger partial charge in [0.1, 0.15) is 5.75 Å². The van der Waals surface area contributed by atoms with Crippen molar-refractivity contribution in [3.63, 3.8) is 0 Å². The van der Waals surface area contributed by atoms with E-state index in [1.54, 1.807) is 5.38 Å².